The monoisotopic (exact) mass is 360 g/mol. The van der Waals surface area contributed by atoms with Gasteiger partial charge in [-0.3, -0.25) is 0 Å². The van der Waals surface area contributed by atoms with Gasteiger partial charge in [0.05, 0.1) is 0 Å². The zero-order valence-corrected chi connectivity index (χ0v) is 14.6. The van der Waals surface area contributed by atoms with Crippen molar-refractivity contribution < 1.29 is 8.83 Å². The van der Waals surface area contributed by atoms with Gasteiger partial charge in [-0.2, -0.15) is 10.5 Å². The molecule has 4 heteroatoms. The molecule has 0 N–H and O–H groups in total. The van der Waals surface area contributed by atoms with E-state index in [2.05, 4.69) is 12.1 Å². The van der Waals surface area contributed by atoms with E-state index in [0.29, 0.717) is 22.3 Å². The van der Waals surface area contributed by atoms with Gasteiger partial charge in [0.25, 0.3) is 0 Å². The number of benzene rings is 3. The summed E-state index contributed by atoms with van der Waals surface area (Å²) in [4.78, 5) is 0. The molecule has 0 amide bonds. The molecule has 5 rings (SSSR count). The number of hydrogen-bond donors (Lipinski definition) is 0. The Bertz CT molecular complexity index is 1300. The summed E-state index contributed by atoms with van der Waals surface area (Å²) >= 11 is 0. The van der Waals surface area contributed by atoms with Crippen molar-refractivity contribution in [1.82, 2.24) is 0 Å². The summed E-state index contributed by atoms with van der Waals surface area (Å²) in [5.41, 5.74) is 4.36. The Morgan fingerprint density at radius 3 is 1.29 bits per heavy atom. The molecular formula is C24H12N2O2. The van der Waals surface area contributed by atoms with Crippen LogP contribution in [0.2, 0.25) is 0 Å². The Morgan fingerprint density at radius 1 is 0.536 bits per heavy atom. The molecule has 0 bridgehead atoms. The van der Waals surface area contributed by atoms with Crippen molar-refractivity contribution in [2.45, 2.75) is 0 Å². The Hall–Kier alpha value is -4.28. The van der Waals surface area contributed by atoms with Crippen LogP contribution in [0, 0.1) is 22.7 Å². The quantitative estimate of drug-likeness (QED) is 0.372. The Balaban J connectivity index is 2.01. The molecule has 0 unspecified atom stereocenters. The molecule has 0 spiro atoms. The molecule has 130 valence electrons. The predicted molar refractivity (Wildman–Crippen MR) is 106 cm³/mol. The lowest BCUT2D eigenvalue weighted by molar-refractivity contribution is 0.596. The van der Waals surface area contributed by atoms with Crippen LogP contribution < -0.4 is 0 Å². The average molecular weight is 360 g/mol. The van der Waals surface area contributed by atoms with Crippen LogP contribution in [0.4, 0.5) is 0 Å². The molecule has 0 saturated carbocycles. The van der Waals surface area contributed by atoms with E-state index in [0.717, 1.165) is 21.9 Å². The third-order valence-corrected chi connectivity index (χ3v) is 4.84. The SMILES string of the molecule is N#Cc1oc2ccc3oc(C#N)c(-c4ccccc4)c3c2c1-c1ccccc1. The molecule has 0 aliphatic rings. The van der Waals surface area contributed by atoms with Crippen LogP contribution in [0.15, 0.2) is 81.6 Å². The first kappa shape index (κ1) is 15.9. The summed E-state index contributed by atoms with van der Waals surface area (Å²) in [6, 6.07) is 27.2. The lowest BCUT2D eigenvalue weighted by Crippen LogP contribution is -1.83. The van der Waals surface area contributed by atoms with E-state index in [1.165, 1.54) is 0 Å². The van der Waals surface area contributed by atoms with E-state index in [9.17, 15) is 10.5 Å². The van der Waals surface area contributed by atoms with Gasteiger partial charge < -0.3 is 8.83 Å². The van der Waals surface area contributed by atoms with Gasteiger partial charge in [0.2, 0.25) is 11.5 Å². The minimum Gasteiger partial charge on any atom is -0.445 e. The fourth-order valence-electron chi connectivity index (χ4n) is 3.70. The summed E-state index contributed by atoms with van der Waals surface area (Å²) < 4.78 is 11.7. The second-order valence-electron chi connectivity index (χ2n) is 6.38. The Labute approximate surface area is 160 Å². The lowest BCUT2D eigenvalue weighted by Gasteiger charge is -2.03. The van der Waals surface area contributed by atoms with E-state index in [1.54, 1.807) is 12.1 Å². The molecule has 0 saturated heterocycles. The first-order valence-corrected chi connectivity index (χ1v) is 8.75. The summed E-state index contributed by atoms with van der Waals surface area (Å²) in [7, 11) is 0. The number of fused-ring (bicyclic) bond motifs is 3. The van der Waals surface area contributed by atoms with Crippen molar-refractivity contribution in [2.75, 3.05) is 0 Å². The minimum atomic E-state index is 0.243. The average Bonchev–Trinajstić information content (AvgIpc) is 3.32. The van der Waals surface area contributed by atoms with Gasteiger partial charge in [0.1, 0.15) is 23.3 Å². The first-order valence-electron chi connectivity index (χ1n) is 8.75. The second-order valence-corrected chi connectivity index (χ2v) is 6.38. The highest BCUT2D eigenvalue weighted by molar-refractivity contribution is 6.19. The normalized spacial score (nSPS) is 10.8. The number of rotatable bonds is 2. The summed E-state index contributed by atoms with van der Waals surface area (Å²) in [6.07, 6.45) is 0. The number of nitriles is 2. The van der Waals surface area contributed by atoms with E-state index in [1.807, 2.05) is 60.7 Å². The minimum absolute atomic E-state index is 0.243. The van der Waals surface area contributed by atoms with Crippen LogP contribution in [0.3, 0.4) is 0 Å². The van der Waals surface area contributed by atoms with Gasteiger partial charge in [-0.25, -0.2) is 0 Å². The number of nitrogens with zero attached hydrogens (tertiary/aromatic N) is 2. The van der Waals surface area contributed by atoms with Gasteiger partial charge in [-0.05, 0) is 23.3 Å². The van der Waals surface area contributed by atoms with Crippen molar-refractivity contribution in [2.24, 2.45) is 0 Å². The Morgan fingerprint density at radius 2 is 0.929 bits per heavy atom. The molecule has 2 heterocycles. The molecule has 0 atom stereocenters. The van der Waals surface area contributed by atoms with Crippen LogP contribution in [0.1, 0.15) is 11.5 Å². The molecule has 3 aromatic carbocycles. The second kappa shape index (κ2) is 6.16. The van der Waals surface area contributed by atoms with Crippen LogP contribution in [0.25, 0.3) is 44.2 Å². The first-order chi connectivity index (χ1) is 13.8. The maximum atomic E-state index is 9.67. The van der Waals surface area contributed by atoms with Gasteiger partial charge in [-0.1, -0.05) is 60.7 Å². The Kier molecular flexibility index (Phi) is 3.50. The highest BCUT2D eigenvalue weighted by Crippen LogP contribution is 2.44. The maximum Gasteiger partial charge on any atom is 0.212 e. The van der Waals surface area contributed by atoms with Crippen LogP contribution in [0.5, 0.6) is 0 Å². The number of hydrogen-bond acceptors (Lipinski definition) is 4. The third-order valence-electron chi connectivity index (χ3n) is 4.84. The standard InChI is InChI=1S/C24H12N2O2/c25-13-19-21(15-7-3-1-4-8-15)23-17(27-19)11-12-18-24(23)22(20(14-26)28-18)16-9-5-2-6-10-16/h1-12H. The van der Waals surface area contributed by atoms with Gasteiger partial charge >= 0.3 is 0 Å². The molecule has 2 aromatic heterocycles. The van der Waals surface area contributed by atoms with E-state index in [-0.39, 0.29) is 11.5 Å². The zero-order chi connectivity index (χ0) is 19.1. The summed E-state index contributed by atoms with van der Waals surface area (Å²) in [5, 5.41) is 20.9. The smallest absolute Gasteiger partial charge is 0.212 e. The van der Waals surface area contributed by atoms with Crippen LogP contribution in [-0.4, -0.2) is 0 Å². The van der Waals surface area contributed by atoms with Crippen molar-refractivity contribution in [1.29, 1.82) is 10.5 Å². The molecule has 0 radical (unpaired) electrons. The van der Waals surface area contributed by atoms with E-state index in [4.69, 9.17) is 8.83 Å². The largest absolute Gasteiger partial charge is 0.445 e. The molecular weight excluding hydrogens is 348 g/mol. The fourth-order valence-corrected chi connectivity index (χ4v) is 3.70. The molecule has 0 fully saturated rings. The summed E-state index contributed by atoms with van der Waals surface area (Å²) in [5.74, 6) is 0.486. The molecule has 0 aliphatic carbocycles. The number of furan rings is 2. The van der Waals surface area contributed by atoms with Crippen LogP contribution in [-0.2, 0) is 0 Å². The highest BCUT2D eigenvalue weighted by Gasteiger charge is 2.24. The van der Waals surface area contributed by atoms with Crippen LogP contribution >= 0.6 is 0 Å². The van der Waals surface area contributed by atoms with Gasteiger partial charge in [-0.15, -0.1) is 0 Å². The van der Waals surface area contributed by atoms with E-state index < -0.39 is 0 Å². The summed E-state index contributed by atoms with van der Waals surface area (Å²) in [6.45, 7) is 0. The molecule has 0 aliphatic heterocycles. The van der Waals surface area contributed by atoms with E-state index >= 15 is 0 Å². The predicted octanol–water partition coefficient (Wildman–Crippen LogP) is 6.26. The van der Waals surface area contributed by atoms with Crippen molar-refractivity contribution in [3.8, 4) is 34.4 Å². The molecule has 28 heavy (non-hydrogen) atoms. The fraction of sp³-hybridized carbons (Fsp3) is 0. The van der Waals surface area contributed by atoms with Crippen molar-refractivity contribution in [3.05, 3.63) is 84.3 Å². The van der Waals surface area contributed by atoms with Gasteiger partial charge in [0.15, 0.2) is 0 Å². The van der Waals surface area contributed by atoms with Gasteiger partial charge in [0, 0.05) is 21.9 Å². The zero-order valence-electron chi connectivity index (χ0n) is 14.6. The lowest BCUT2D eigenvalue weighted by atomic mass is 9.95. The molecule has 5 aromatic rings. The van der Waals surface area contributed by atoms with Crippen molar-refractivity contribution >= 4 is 21.9 Å². The molecule has 4 nitrogen and oxygen atoms in total. The third kappa shape index (κ3) is 2.23. The highest BCUT2D eigenvalue weighted by atomic mass is 16.3. The topological polar surface area (TPSA) is 73.9 Å². The maximum absolute atomic E-state index is 9.67. The van der Waals surface area contributed by atoms with Crippen molar-refractivity contribution in [3.63, 3.8) is 0 Å².